The molecule has 8 nitrogen and oxygen atoms in total. The van der Waals surface area contributed by atoms with Gasteiger partial charge in [0.2, 0.25) is 5.91 Å². The van der Waals surface area contributed by atoms with Crippen molar-refractivity contribution >= 4 is 40.0 Å². The summed E-state index contributed by atoms with van der Waals surface area (Å²) >= 11 is 6.62. The number of hydrogen-bond donors (Lipinski definition) is 3. The van der Waals surface area contributed by atoms with Gasteiger partial charge in [-0.3, -0.25) is 4.79 Å². The lowest BCUT2D eigenvalue weighted by molar-refractivity contribution is -0.125. The standard InChI is InChI=1S/C26H30ClN7O/c1-28-26(35)20-16-3-4-17(13-16)21(20)30-22-19(27)14-29-25-23(22)31-24(32-25)15-5-7-18(8-6-15)34-11-9-33(2)10-12-34/h3-8,14,16-17,20-21H,9-13H2,1-2H3,(H,28,35)(H2,29,30,31,32)/t16-,17+,20+,21-/m1/s1. The normalized spacial score (nSPS) is 26.0. The van der Waals surface area contributed by atoms with Gasteiger partial charge < -0.3 is 25.4 Å². The number of rotatable bonds is 5. The fourth-order valence-corrected chi connectivity index (χ4v) is 6.01. The van der Waals surface area contributed by atoms with Crippen molar-refractivity contribution in [3.63, 3.8) is 0 Å². The van der Waals surface area contributed by atoms with Gasteiger partial charge >= 0.3 is 0 Å². The second-order valence-corrected chi connectivity index (χ2v) is 10.3. The first-order valence-electron chi connectivity index (χ1n) is 12.3. The maximum absolute atomic E-state index is 12.6. The zero-order valence-corrected chi connectivity index (χ0v) is 20.7. The van der Waals surface area contributed by atoms with Crippen LogP contribution in [0.1, 0.15) is 6.42 Å². The van der Waals surface area contributed by atoms with Crippen LogP contribution in [0.3, 0.4) is 0 Å². The molecule has 9 heteroatoms. The third-order valence-corrected chi connectivity index (χ3v) is 8.09. The van der Waals surface area contributed by atoms with Gasteiger partial charge in [0.1, 0.15) is 11.3 Å². The number of piperazine rings is 1. The molecule has 3 aliphatic rings. The maximum atomic E-state index is 12.6. The van der Waals surface area contributed by atoms with E-state index in [4.69, 9.17) is 16.6 Å². The Kier molecular flexibility index (Phi) is 5.65. The van der Waals surface area contributed by atoms with E-state index >= 15 is 0 Å². The number of halogens is 1. The van der Waals surface area contributed by atoms with Gasteiger partial charge in [-0.25, -0.2) is 9.97 Å². The quantitative estimate of drug-likeness (QED) is 0.474. The third-order valence-electron chi connectivity index (χ3n) is 7.80. The first-order valence-corrected chi connectivity index (χ1v) is 12.6. The summed E-state index contributed by atoms with van der Waals surface area (Å²) in [7, 11) is 3.86. The number of aromatic nitrogens is 3. The highest BCUT2D eigenvalue weighted by molar-refractivity contribution is 6.34. The summed E-state index contributed by atoms with van der Waals surface area (Å²) < 4.78 is 0. The SMILES string of the molecule is CNC(=O)[C@@H]1[C@H](Nc2c(Cl)cnc3nc(-c4ccc(N5CCN(C)CC5)cc4)[nH]c23)[C@H]2C=C[C@@H]1C2. The molecule has 2 aromatic heterocycles. The number of allylic oxidation sites excluding steroid dienone is 1. The minimum Gasteiger partial charge on any atom is -0.378 e. The Morgan fingerprint density at radius 1 is 1.11 bits per heavy atom. The molecule has 0 radical (unpaired) electrons. The van der Waals surface area contributed by atoms with Crippen LogP contribution in [0.25, 0.3) is 22.6 Å². The van der Waals surface area contributed by atoms with Gasteiger partial charge in [0, 0.05) is 50.5 Å². The number of imidazole rings is 1. The van der Waals surface area contributed by atoms with Crippen molar-refractivity contribution in [3.8, 4) is 11.4 Å². The molecule has 3 heterocycles. The van der Waals surface area contributed by atoms with Crippen LogP contribution in [0.5, 0.6) is 0 Å². The van der Waals surface area contributed by atoms with E-state index in [9.17, 15) is 4.79 Å². The molecule has 3 N–H and O–H groups in total. The third kappa shape index (κ3) is 3.94. The predicted octanol–water partition coefficient (Wildman–Crippen LogP) is 3.38. The van der Waals surface area contributed by atoms with E-state index in [0.717, 1.165) is 55.2 Å². The van der Waals surface area contributed by atoms with Gasteiger partial charge in [0.05, 0.1) is 22.8 Å². The van der Waals surface area contributed by atoms with Gasteiger partial charge in [-0.05, 0) is 49.6 Å². The van der Waals surface area contributed by atoms with Crippen LogP contribution in [0.2, 0.25) is 5.02 Å². The number of fused-ring (bicyclic) bond motifs is 3. The number of hydrogen-bond acceptors (Lipinski definition) is 6. The molecule has 1 amide bonds. The minimum absolute atomic E-state index is 0.0253. The van der Waals surface area contributed by atoms with E-state index in [1.54, 1.807) is 13.2 Å². The molecule has 35 heavy (non-hydrogen) atoms. The van der Waals surface area contributed by atoms with Gasteiger partial charge in [0.25, 0.3) is 0 Å². The molecule has 4 atom stereocenters. The molecule has 1 aromatic carbocycles. The second-order valence-electron chi connectivity index (χ2n) is 9.86. The maximum Gasteiger partial charge on any atom is 0.225 e. The van der Waals surface area contributed by atoms with Crippen LogP contribution in [0, 0.1) is 17.8 Å². The van der Waals surface area contributed by atoms with Crippen LogP contribution in [0.4, 0.5) is 11.4 Å². The molecule has 1 saturated heterocycles. The Bertz CT molecular complexity index is 1280. The summed E-state index contributed by atoms with van der Waals surface area (Å²) in [6.07, 6.45) is 7.00. The molecule has 0 unspecified atom stereocenters. The summed E-state index contributed by atoms with van der Waals surface area (Å²) in [6.45, 7) is 4.22. The van der Waals surface area contributed by atoms with Crippen molar-refractivity contribution in [1.29, 1.82) is 0 Å². The Labute approximate surface area is 209 Å². The number of H-pyrrole nitrogens is 1. The number of nitrogens with zero attached hydrogens (tertiary/aromatic N) is 4. The first kappa shape index (κ1) is 22.4. The molecular weight excluding hydrogens is 462 g/mol. The number of carbonyl (C=O) groups excluding carboxylic acids is 1. The highest BCUT2D eigenvalue weighted by atomic mass is 35.5. The van der Waals surface area contributed by atoms with E-state index in [-0.39, 0.29) is 23.8 Å². The monoisotopic (exact) mass is 491 g/mol. The Morgan fingerprint density at radius 3 is 2.60 bits per heavy atom. The number of benzene rings is 1. The van der Waals surface area contributed by atoms with Crippen LogP contribution >= 0.6 is 11.6 Å². The minimum atomic E-state index is -0.126. The van der Waals surface area contributed by atoms with Crippen molar-refractivity contribution < 1.29 is 4.79 Å². The van der Waals surface area contributed by atoms with Crippen molar-refractivity contribution in [3.05, 3.63) is 47.6 Å². The lowest BCUT2D eigenvalue weighted by Crippen LogP contribution is -2.44. The molecule has 182 valence electrons. The van der Waals surface area contributed by atoms with Crippen LogP contribution in [-0.2, 0) is 4.79 Å². The number of amides is 1. The van der Waals surface area contributed by atoms with E-state index in [1.165, 1.54) is 5.69 Å². The molecule has 1 saturated carbocycles. The van der Waals surface area contributed by atoms with Crippen molar-refractivity contribution in [2.24, 2.45) is 17.8 Å². The van der Waals surface area contributed by atoms with Gasteiger partial charge in [-0.2, -0.15) is 0 Å². The van der Waals surface area contributed by atoms with Gasteiger partial charge in [-0.15, -0.1) is 0 Å². The summed E-state index contributed by atoms with van der Waals surface area (Å²) in [5, 5.41) is 6.95. The van der Waals surface area contributed by atoms with Crippen molar-refractivity contribution in [2.75, 3.05) is 50.5 Å². The van der Waals surface area contributed by atoms with E-state index in [1.807, 2.05) is 0 Å². The fourth-order valence-electron chi connectivity index (χ4n) is 5.82. The molecule has 2 bridgehead atoms. The molecule has 3 aromatic rings. The molecule has 2 fully saturated rings. The van der Waals surface area contributed by atoms with Gasteiger partial charge in [-0.1, -0.05) is 23.8 Å². The molecule has 0 spiro atoms. The summed E-state index contributed by atoms with van der Waals surface area (Å²) in [4.78, 5) is 30.1. The largest absolute Gasteiger partial charge is 0.378 e. The Hall–Kier alpha value is -3.10. The predicted molar refractivity (Wildman–Crippen MR) is 140 cm³/mol. The molecule has 2 aliphatic carbocycles. The van der Waals surface area contributed by atoms with Crippen molar-refractivity contribution in [1.82, 2.24) is 25.2 Å². The first-order chi connectivity index (χ1) is 17.0. The van der Waals surface area contributed by atoms with E-state index in [2.05, 4.69) is 73.9 Å². The van der Waals surface area contributed by atoms with Crippen LogP contribution < -0.4 is 15.5 Å². The second kappa shape index (κ2) is 8.84. The Balaban J connectivity index is 1.29. The number of carbonyl (C=O) groups is 1. The smallest absolute Gasteiger partial charge is 0.225 e. The molecule has 1 aliphatic heterocycles. The summed E-state index contributed by atoms with van der Waals surface area (Å²) in [6, 6.07) is 8.49. The van der Waals surface area contributed by atoms with Crippen LogP contribution in [-0.4, -0.2) is 72.1 Å². The number of likely N-dealkylation sites (N-methyl/N-ethyl adjacent to an activating group) is 1. The van der Waals surface area contributed by atoms with Crippen LogP contribution in [0.15, 0.2) is 42.6 Å². The lowest BCUT2D eigenvalue weighted by atomic mass is 9.88. The van der Waals surface area contributed by atoms with Crippen molar-refractivity contribution in [2.45, 2.75) is 12.5 Å². The molecular formula is C26H30ClN7O. The average Bonchev–Trinajstić information content (AvgIpc) is 3.61. The highest BCUT2D eigenvalue weighted by Gasteiger charge is 2.48. The topological polar surface area (TPSA) is 89.2 Å². The number of nitrogens with one attached hydrogen (secondary N) is 3. The molecule has 6 rings (SSSR count). The number of pyridine rings is 1. The summed E-state index contributed by atoms with van der Waals surface area (Å²) in [5.41, 5.74) is 4.34. The van der Waals surface area contributed by atoms with Gasteiger partial charge in [0.15, 0.2) is 5.65 Å². The zero-order valence-electron chi connectivity index (χ0n) is 20.0. The number of anilines is 2. The number of aromatic amines is 1. The lowest BCUT2D eigenvalue weighted by Gasteiger charge is -2.34. The Morgan fingerprint density at radius 2 is 1.86 bits per heavy atom. The van der Waals surface area contributed by atoms with E-state index < -0.39 is 0 Å². The van der Waals surface area contributed by atoms with E-state index in [0.29, 0.717) is 16.6 Å². The average molecular weight is 492 g/mol. The summed E-state index contributed by atoms with van der Waals surface area (Å²) in [5.74, 6) is 1.24. The highest BCUT2D eigenvalue weighted by Crippen LogP contribution is 2.46. The zero-order chi connectivity index (χ0) is 24.1. The fraction of sp³-hybridized carbons (Fsp3) is 0.423.